The second kappa shape index (κ2) is 8.55. The van der Waals surface area contributed by atoms with Crippen LogP contribution in [-0.2, 0) is 0 Å². The molecule has 1 fully saturated rings. The Labute approximate surface area is 138 Å². The van der Waals surface area contributed by atoms with E-state index < -0.39 is 16.4 Å². The van der Waals surface area contributed by atoms with Crippen molar-refractivity contribution >= 4 is 11.6 Å². The number of amides is 1. The molecule has 1 aliphatic heterocycles. The summed E-state index contributed by atoms with van der Waals surface area (Å²) in [6.45, 7) is 2.41. The number of rotatable bonds is 8. The Kier molecular flexibility index (Phi) is 6.44. The quantitative estimate of drug-likeness (QED) is 0.354. The minimum Gasteiger partial charge on any atom is -0.395 e. The number of hydrogen-bond donors (Lipinski definition) is 3. The molecule has 1 amide bonds. The van der Waals surface area contributed by atoms with Gasteiger partial charge in [-0.15, -0.1) is 0 Å². The van der Waals surface area contributed by atoms with Crippen molar-refractivity contribution in [2.75, 3.05) is 26.2 Å². The van der Waals surface area contributed by atoms with Gasteiger partial charge in [-0.1, -0.05) is 0 Å². The minimum absolute atomic E-state index is 0.173. The zero-order valence-corrected chi connectivity index (χ0v) is 13.4. The first kappa shape index (κ1) is 18.1. The second-order valence-electron chi connectivity index (χ2n) is 5.84. The van der Waals surface area contributed by atoms with Crippen molar-refractivity contribution in [1.82, 2.24) is 15.2 Å². The van der Waals surface area contributed by atoms with Crippen molar-refractivity contribution in [3.63, 3.8) is 0 Å². The van der Waals surface area contributed by atoms with E-state index in [-0.39, 0.29) is 23.9 Å². The number of likely N-dealkylation sites (tertiary alicyclic amines) is 1. The molecule has 0 aliphatic carbocycles. The molecule has 2 heterocycles. The summed E-state index contributed by atoms with van der Waals surface area (Å²) >= 11 is 0. The first-order valence-electron chi connectivity index (χ1n) is 8.03. The fourth-order valence-electron chi connectivity index (χ4n) is 2.88. The Morgan fingerprint density at radius 3 is 3.00 bits per heavy atom. The van der Waals surface area contributed by atoms with Crippen LogP contribution in [0.2, 0.25) is 0 Å². The maximum absolute atomic E-state index is 12.0. The van der Waals surface area contributed by atoms with Crippen LogP contribution in [0.25, 0.3) is 0 Å². The summed E-state index contributed by atoms with van der Waals surface area (Å²) in [5, 5.41) is 22.5. The minimum atomic E-state index is -0.666. The van der Waals surface area contributed by atoms with Crippen LogP contribution >= 0.6 is 0 Å². The SMILES string of the molecule is O=C(NCCCCN1CCCC1CO)c1cc([N+](=O)[O-])c[nH]c1=O. The third-order valence-corrected chi connectivity index (χ3v) is 4.21. The molecule has 1 aromatic heterocycles. The second-order valence-corrected chi connectivity index (χ2v) is 5.84. The summed E-state index contributed by atoms with van der Waals surface area (Å²) in [7, 11) is 0. The fourth-order valence-corrected chi connectivity index (χ4v) is 2.88. The molecule has 24 heavy (non-hydrogen) atoms. The number of hydrogen-bond acceptors (Lipinski definition) is 6. The van der Waals surface area contributed by atoms with Crippen molar-refractivity contribution < 1.29 is 14.8 Å². The topological polar surface area (TPSA) is 129 Å². The Balaban J connectivity index is 1.76. The molecule has 1 saturated heterocycles. The highest BCUT2D eigenvalue weighted by Gasteiger charge is 2.22. The number of nitrogens with one attached hydrogen (secondary N) is 2. The normalized spacial score (nSPS) is 17.8. The van der Waals surface area contributed by atoms with E-state index in [1.165, 1.54) is 0 Å². The molecule has 1 aromatic rings. The monoisotopic (exact) mass is 338 g/mol. The number of carbonyl (C=O) groups excluding carboxylic acids is 1. The van der Waals surface area contributed by atoms with Gasteiger partial charge in [-0.3, -0.25) is 24.6 Å². The van der Waals surface area contributed by atoms with E-state index in [0.717, 1.165) is 51.0 Å². The zero-order chi connectivity index (χ0) is 17.5. The average Bonchev–Trinajstić information content (AvgIpc) is 3.02. The van der Waals surface area contributed by atoms with Gasteiger partial charge in [0.25, 0.3) is 17.2 Å². The molecule has 9 nitrogen and oxygen atoms in total. The summed E-state index contributed by atoms with van der Waals surface area (Å²) in [6, 6.07) is 1.22. The molecule has 1 atom stereocenters. The number of aliphatic hydroxyl groups is 1. The maximum Gasteiger partial charge on any atom is 0.286 e. The first-order chi connectivity index (χ1) is 11.5. The lowest BCUT2D eigenvalue weighted by Crippen LogP contribution is -2.34. The number of nitrogens with zero attached hydrogens (tertiary/aromatic N) is 2. The Morgan fingerprint density at radius 2 is 2.29 bits per heavy atom. The van der Waals surface area contributed by atoms with E-state index in [1.54, 1.807) is 0 Å². The number of aliphatic hydroxyl groups excluding tert-OH is 1. The summed E-state index contributed by atoms with van der Waals surface area (Å²) in [5.41, 5.74) is -1.24. The molecule has 1 unspecified atom stereocenters. The van der Waals surface area contributed by atoms with E-state index >= 15 is 0 Å². The lowest BCUT2D eigenvalue weighted by molar-refractivity contribution is -0.385. The predicted octanol–water partition coefficient (Wildman–Crippen LogP) is 0.250. The van der Waals surface area contributed by atoms with Crippen LogP contribution in [0, 0.1) is 10.1 Å². The summed E-state index contributed by atoms with van der Waals surface area (Å²) < 4.78 is 0. The number of H-pyrrole nitrogens is 1. The predicted molar refractivity (Wildman–Crippen MR) is 87.0 cm³/mol. The maximum atomic E-state index is 12.0. The van der Waals surface area contributed by atoms with Crippen molar-refractivity contribution in [1.29, 1.82) is 0 Å². The number of aromatic nitrogens is 1. The molecule has 0 aromatic carbocycles. The Bertz CT molecular complexity index is 645. The lowest BCUT2D eigenvalue weighted by Gasteiger charge is -2.22. The zero-order valence-electron chi connectivity index (χ0n) is 13.4. The number of carbonyl (C=O) groups is 1. The van der Waals surface area contributed by atoms with Crippen LogP contribution in [0.4, 0.5) is 5.69 Å². The molecule has 9 heteroatoms. The highest BCUT2D eigenvalue weighted by Crippen LogP contribution is 2.16. The summed E-state index contributed by atoms with van der Waals surface area (Å²) in [4.78, 5) is 38.0. The van der Waals surface area contributed by atoms with E-state index in [4.69, 9.17) is 0 Å². The van der Waals surface area contributed by atoms with Gasteiger partial charge >= 0.3 is 0 Å². The third-order valence-electron chi connectivity index (χ3n) is 4.21. The van der Waals surface area contributed by atoms with Crippen LogP contribution < -0.4 is 10.9 Å². The number of unbranched alkanes of at least 4 members (excludes halogenated alkanes) is 1. The molecule has 2 rings (SSSR count). The first-order valence-corrected chi connectivity index (χ1v) is 8.03. The van der Waals surface area contributed by atoms with Crippen molar-refractivity contribution in [2.45, 2.75) is 31.7 Å². The van der Waals surface area contributed by atoms with Crippen LogP contribution in [0.15, 0.2) is 17.1 Å². The van der Waals surface area contributed by atoms with Crippen LogP contribution in [-0.4, -0.2) is 58.1 Å². The van der Waals surface area contributed by atoms with Crippen molar-refractivity contribution in [2.24, 2.45) is 0 Å². The lowest BCUT2D eigenvalue weighted by atomic mass is 10.2. The van der Waals surface area contributed by atoms with Crippen LogP contribution in [0.1, 0.15) is 36.0 Å². The molecular formula is C15H22N4O5. The highest BCUT2D eigenvalue weighted by atomic mass is 16.6. The molecule has 132 valence electrons. The van der Waals surface area contributed by atoms with Gasteiger partial charge in [0.2, 0.25) is 0 Å². The van der Waals surface area contributed by atoms with Gasteiger partial charge in [0.15, 0.2) is 0 Å². The molecule has 0 saturated carbocycles. The largest absolute Gasteiger partial charge is 0.395 e. The number of pyridine rings is 1. The molecule has 0 bridgehead atoms. The Morgan fingerprint density at radius 1 is 1.50 bits per heavy atom. The molecule has 3 N–H and O–H groups in total. The van der Waals surface area contributed by atoms with Gasteiger partial charge < -0.3 is 15.4 Å². The summed E-state index contributed by atoms with van der Waals surface area (Å²) in [6.07, 6.45) is 4.67. The van der Waals surface area contributed by atoms with Crippen LogP contribution in [0.3, 0.4) is 0 Å². The van der Waals surface area contributed by atoms with Gasteiger partial charge in [0, 0.05) is 18.7 Å². The van der Waals surface area contributed by atoms with E-state index in [2.05, 4.69) is 15.2 Å². The van der Waals surface area contributed by atoms with Gasteiger partial charge in [-0.05, 0) is 38.8 Å². The summed E-state index contributed by atoms with van der Waals surface area (Å²) in [5.74, 6) is -0.616. The van der Waals surface area contributed by atoms with Gasteiger partial charge in [0.1, 0.15) is 5.56 Å². The number of nitro groups is 1. The average molecular weight is 338 g/mol. The molecule has 0 spiro atoms. The highest BCUT2D eigenvalue weighted by molar-refractivity contribution is 5.94. The van der Waals surface area contributed by atoms with E-state index in [1.807, 2.05) is 0 Å². The van der Waals surface area contributed by atoms with E-state index in [0.29, 0.717) is 6.54 Å². The molecular weight excluding hydrogens is 316 g/mol. The third kappa shape index (κ3) is 4.62. The Hall–Kier alpha value is -2.26. The molecule has 1 aliphatic rings. The van der Waals surface area contributed by atoms with Gasteiger partial charge in [-0.25, -0.2) is 0 Å². The van der Waals surface area contributed by atoms with E-state index in [9.17, 15) is 24.8 Å². The molecule has 0 radical (unpaired) electrons. The van der Waals surface area contributed by atoms with Gasteiger partial charge in [0.05, 0.1) is 17.7 Å². The van der Waals surface area contributed by atoms with Gasteiger partial charge in [-0.2, -0.15) is 0 Å². The van der Waals surface area contributed by atoms with Crippen LogP contribution in [0.5, 0.6) is 0 Å². The standard InChI is InChI=1S/C15H22N4O5/c20-10-11-4-3-7-18(11)6-2-1-5-16-14(21)13-8-12(19(23)24)9-17-15(13)22/h8-9,11,20H,1-7,10H2,(H,16,21)(H,17,22). The fraction of sp³-hybridized carbons (Fsp3) is 0.600. The number of aromatic amines is 1. The van der Waals surface area contributed by atoms with Crippen molar-refractivity contribution in [3.8, 4) is 0 Å². The van der Waals surface area contributed by atoms with Crippen molar-refractivity contribution in [3.05, 3.63) is 38.3 Å². The smallest absolute Gasteiger partial charge is 0.286 e.